The smallest absolute Gasteiger partial charge is 0.310 e. The number of carbonyl (C=O) groups is 3. The van der Waals surface area contributed by atoms with E-state index in [1.165, 1.54) is 0 Å². The summed E-state index contributed by atoms with van der Waals surface area (Å²) in [6.07, 6.45) is 1.79. The second-order valence-corrected chi connectivity index (χ2v) is 9.62. The second-order valence-electron chi connectivity index (χ2n) is 8.56. The van der Waals surface area contributed by atoms with Crippen molar-refractivity contribution in [2.75, 3.05) is 10.6 Å². The number of ether oxygens (including phenoxy) is 1. The zero-order valence-electron chi connectivity index (χ0n) is 16.8. The third kappa shape index (κ3) is 3.76. The van der Waals surface area contributed by atoms with Crippen LogP contribution in [0.4, 0.5) is 11.4 Å². The minimum atomic E-state index is -0.384. The molecule has 2 bridgehead atoms. The Labute approximate surface area is 188 Å². The first-order valence-electron chi connectivity index (χ1n) is 10.6. The van der Waals surface area contributed by atoms with E-state index >= 15 is 0 Å². The highest BCUT2D eigenvalue weighted by Gasteiger charge is 2.67. The van der Waals surface area contributed by atoms with E-state index in [9.17, 15) is 14.4 Å². The third-order valence-electron chi connectivity index (χ3n) is 6.72. The zero-order valence-corrected chi connectivity index (χ0v) is 18.4. The average molecular weight is 483 g/mol. The summed E-state index contributed by atoms with van der Waals surface area (Å²) in [4.78, 5) is 37.7. The molecule has 2 N–H and O–H groups in total. The van der Waals surface area contributed by atoms with Crippen LogP contribution in [0.5, 0.6) is 0 Å². The SMILES string of the molecule is O=C(CCc1ccccc1)Nc1cccc(NC(=O)[C@@H]2[C@H]3C[C@H]4[C@H](OC(=O)[C@H]42)[C@H]3Br)c1. The number of amides is 2. The Bertz CT molecular complexity index is 1030. The number of alkyl halides is 1. The van der Waals surface area contributed by atoms with E-state index in [0.717, 1.165) is 12.0 Å². The number of aryl methyl sites for hydroxylation is 1. The van der Waals surface area contributed by atoms with Crippen molar-refractivity contribution >= 4 is 45.1 Å². The van der Waals surface area contributed by atoms with E-state index in [1.807, 2.05) is 30.3 Å². The highest BCUT2D eigenvalue weighted by Crippen LogP contribution is 2.60. The van der Waals surface area contributed by atoms with Crippen molar-refractivity contribution in [1.29, 1.82) is 0 Å². The third-order valence-corrected chi connectivity index (χ3v) is 7.92. The van der Waals surface area contributed by atoms with Gasteiger partial charge >= 0.3 is 5.97 Å². The van der Waals surface area contributed by atoms with Crippen LogP contribution >= 0.6 is 15.9 Å². The molecule has 2 amide bonds. The summed E-state index contributed by atoms with van der Waals surface area (Å²) in [7, 11) is 0. The van der Waals surface area contributed by atoms with Crippen molar-refractivity contribution in [3.63, 3.8) is 0 Å². The predicted molar refractivity (Wildman–Crippen MR) is 120 cm³/mol. The van der Waals surface area contributed by atoms with Gasteiger partial charge in [0, 0.05) is 23.7 Å². The number of hydrogen-bond donors (Lipinski definition) is 2. The Hall–Kier alpha value is -2.67. The summed E-state index contributed by atoms with van der Waals surface area (Å²) >= 11 is 3.64. The normalized spacial score (nSPS) is 30.2. The number of halogens is 1. The van der Waals surface area contributed by atoms with Crippen LogP contribution in [-0.4, -0.2) is 28.7 Å². The fourth-order valence-corrected chi connectivity index (χ4v) is 6.40. The molecule has 7 heteroatoms. The fourth-order valence-electron chi connectivity index (χ4n) is 5.36. The Morgan fingerprint density at radius 2 is 1.74 bits per heavy atom. The summed E-state index contributed by atoms with van der Waals surface area (Å²) < 4.78 is 5.49. The highest BCUT2D eigenvalue weighted by molar-refractivity contribution is 9.09. The van der Waals surface area contributed by atoms with Crippen LogP contribution in [0.1, 0.15) is 18.4 Å². The van der Waals surface area contributed by atoms with Gasteiger partial charge in [-0.15, -0.1) is 0 Å². The van der Waals surface area contributed by atoms with Crippen molar-refractivity contribution in [3.8, 4) is 0 Å². The summed E-state index contributed by atoms with van der Waals surface area (Å²) in [5, 5.41) is 5.84. The van der Waals surface area contributed by atoms with Gasteiger partial charge in [-0.1, -0.05) is 52.3 Å². The molecule has 1 saturated heterocycles. The number of esters is 1. The number of nitrogens with one attached hydrogen (secondary N) is 2. The lowest BCUT2D eigenvalue weighted by Gasteiger charge is -2.27. The minimum absolute atomic E-state index is 0.0335. The predicted octanol–water partition coefficient (Wildman–Crippen LogP) is 3.77. The standard InChI is InChI=1S/C24H23BrN2O4/c25-21-16-12-17-20(24(30)31-22(17)21)19(16)23(29)27-15-8-4-7-14(11-15)26-18(28)10-9-13-5-2-1-3-6-13/h1-8,11,16-17,19-22H,9-10,12H2,(H,26,28)(H,27,29)/t16-,17-,19-,20-,21+,22+/m1/s1. The molecule has 2 aromatic rings. The van der Waals surface area contributed by atoms with Gasteiger partial charge in [-0.2, -0.15) is 0 Å². The zero-order chi connectivity index (χ0) is 21.5. The molecule has 0 spiro atoms. The molecule has 2 saturated carbocycles. The van der Waals surface area contributed by atoms with E-state index in [0.29, 0.717) is 24.2 Å². The van der Waals surface area contributed by atoms with Gasteiger partial charge in [0.2, 0.25) is 11.8 Å². The molecule has 3 fully saturated rings. The first-order chi connectivity index (χ1) is 15.0. The maximum atomic E-state index is 13.0. The van der Waals surface area contributed by atoms with Crippen molar-refractivity contribution in [1.82, 2.24) is 0 Å². The van der Waals surface area contributed by atoms with E-state index in [1.54, 1.807) is 24.3 Å². The van der Waals surface area contributed by atoms with Crippen LogP contribution in [0.2, 0.25) is 0 Å². The first kappa shape index (κ1) is 20.2. The molecular formula is C24H23BrN2O4. The molecule has 3 aliphatic rings. The molecule has 6 atom stereocenters. The molecule has 31 heavy (non-hydrogen) atoms. The van der Waals surface area contributed by atoms with Gasteiger partial charge in [0.05, 0.1) is 16.7 Å². The lowest BCUT2D eigenvalue weighted by atomic mass is 9.79. The van der Waals surface area contributed by atoms with Gasteiger partial charge in [0.15, 0.2) is 0 Å². The number of anilines is 2. The van der Waals surface area contributed by atoms with Gasteiger partial charge in [-0.05, 0) is 42.5 Å². The Morgan fingerprint density at radius 3 is 2.52 bits per heavy atom. The Balaban J connectivity index is 1.21. The van der Waals surface area contributed by atoms with Crippen LogP contribution in [0.25, 0.3) is 0 Å². The first-order valence-corrected chi connectivity index (χ1v) is 11.5. The molecule has 2 aromatic carbocycles. The van der Waals surface area contributed by atoms with E-state index in [-0.39, 0.29) is 52.4 Å². The van der Waals surface area contributed by atoms with Crippen LogP contribution in [0.3, 0.4) is 0 Å². The van der Waals surface area contributed by atoms with E-state index in [2.05, 4.69) is 26.6 Å². The molecular weight excluding hydrogens is 460 g/mol. The molecule has 0 aromatic heterocycles. The highest BCUT2D eigenvalue weighted by atomic mass is 79.9. The molecule has 0 unspecified atom stereocenters. The number of fused-ring (bicyclic) bond motifs is 1. The maximum Gasteiger partial charge on any atom is 0.310 e. The summed E-state index contributed by atoms with van der Waals surface area (Å²) in [5.41, 5.74) is 2.34. The van der Waals surface area contributed by atoms with Crippen molar-refractivity contribution < 1.29 is 19.1 Å². The lowest BCUT2D eigenvalue weighted by Crippen LogP contribution is -2.40. The summed E-state index contributed by atoms with van der Waals surface area (Å²) in [6.45, 7) is 0. The number of hydrogen-bond acceptors (Lipinski definition) is 4. The van der Waals surface area contributed by atoms with Crippen LogP contribution in [0.15, 0.2) is 54.6 Å². The largest absolute Gasteiger partial charge is 0.461 e. The number of benzene rings is 2. The minimum Gasteiger partial charge on any atom is -0.461 e. The number of carbonyl (C=O) groups excluding carboxylic acids is 3. The summed E-state index contributed by atoms with van der Waals surface area (Å²) in [5.74, 6) is -0.984. The molecule has 6 nitrogen and oxygen atoms in total. The molecule has 1 aliphatic heterocycles. The maximum absolute atomic E-state index is 13.0. The molecule has 1 heterocycles. The van der Waals surface area contributed by atoms with Crippen LogP contribution in [-0.2, 0) is 25.5 Å². The second kappa shape index (κ2) is 8.11. The molecule has 5 rings (SSSR count). The number of rotatable bonds is 6. The quantitative estimate of drug-likeness (QED) is 0.484. The van der Waals surface area contributed by atoms with Gasteiger partial charge in [-0.25, -0.2) is 0 Å². The monoisotopic (exact) mass is 482 g/mol. The van der Waals surface area contributed by atoms with Crippen molar-refractivity contribution in [2.24, 2.45) is 23.7 Å². The average Bonchev–Trinajstić information content (AvgIpc) is 3.37. The van der Waals surface area contributed by atoms with Gasteiger partial charge in [0.1, 0.15) is 6.10 Å². The molecule has 0 radical (unpaired) electrons. The Morgan fingerprint density at radius 1 is 1.00 bits per heavy atom. The van der Waals surface area contributed by atoms with Gasteiger partial charge in [-0.3, -0.25) is 14.4 Å². The lowest BCUT2D eigenvalue weighted by molar-refractivity contribution is -0.145. The van der Waals surface area contributed by atoms with Gasteiger partial charge in [0.25, 0.3) is 0 Å². The molecule has 160 valence electrons. The fraction of sp³-hybridized carbons (Fsp3) is 0.375. The van der Waals surface area contributed by atoms with Crippen molar-refractivity contribution in [2.45, 2.75) is 30.2 Å². The topological polar surface area (TPSA) is 84.5 Å². The van der Waals surface area contributed by atoms with Crippen LogP contribution in [0, 0.1) is 23.7 Å². The van der Waals surface area contributed by atoms with Crippen molar-refractivity contribution in [3.05, 3.63) is 60.2 Å². The van der Waals surface area contributed by atoms with E-state index < -0.39 is 0 Å². The molecule has 2 aliphatic carbocycles. The van der Waals surface area contributed by atoms with Gasteiger partial charge < -0.3 is 15.4 Å². The van der Waals surface area contributed by atoms with E-state index in [4.69, 9.17) is 4.74 Å². The van der Waals surface area contributed by atoms with Crippen LogP contribution < -0.4 is 10.6 Å². The summed E-state index contributed by atoms with van der Waals surface area (Å²) in [6, 6.07) is 17.0. The Kier molecular flexibility index (Phi) is 5.30.